The molecule has 0 aromatic rings. The van der Waals surface area contributed by atoms with Crippen molar-refractivity contribution in [3.05, 3.63) is 12.2 Å². The molecule has 0 bridgehead atoms. The molecule has 0 aromatic carbocycles. The van der Waals surface area contributed by atoms with E-state index in [2.05, 4.69) is 18.9 Å². The Bertz CT molecular complexity index is 216. The highest BCUT2D eigenvalue weighted by Crippen LogP contribution is 2.35. The first-order chi connectivity index (χ1) is 6.04. The van der Waals surface area contributed by atoms with Gasteiger partial charge in [0, 0.05) is 12.1 Å². The Morgan fingerprint density at radius 1 is 1.54 bits per heavy atom. The van der Waals surface area contributed by atoms with Crippen molar-refractivity contribution >= 4 is 5.78 Å². The largest absolute Gasteiger partial charge is 0.297 e. The summed E-state index contributed by atoms with van der Waals surface area (Å²) in [5.74, 6) is 0.132. The van der Waals surface area contributed by atoms with Crippen LogP contribution in [-0.4, -0.2) is 29.8 Å². The van der Waals surface area contributed by atoms with E-state index in [0.717, 1.165) is 6.54 Å². The summed E-state index contributed by atoms with van der Waals surface area (Å²) < 4.78 is 0. The lowest BCUT2D eigenvalue weighted by Crippen LogP contribution is -2.49. The van der Waals surface area contributed by atoms with E-state index in [1.807, 2.05) is 6.08 Å². The fourth-order valence-electron chi connectivity index (χ4n) is 1.67. The number of rotatable bonds is 4. The Labute approximate surface area is 80.6 Å². The van der Waals surface area contributed by atoms with Crippen LogP contribution in [0.15, 0.2) is 12.2 Å². The zero-order valence-electron chi connectivity index (χ0n) is 8.84. The Morgan fingerprint density at radius 2 is 2.15 bits per heavy atom. The molecular formula is C11H19NO. The molecule has 1 fully saturated rings. The van der Waals surface area contributed by atoms with Crippen LogP contribution in [-0.2, 0) is 4.79 Å². The number of hydrogen-bond donors (Lipinski definition) is 0. The van der Waals surface area contributed by atoms with Crippen molar-refractivity contribution in [3.8, 4) is 0 Å². The number of allylic oxidation sites excluding steroid dienone is 1. The molecule has 2 heteroatoms. The molecule has 1 saturated carbocycles. The third-order valence-electron chi connectivity index (χ3n) is 3.08. The fourth-order valence-corrected chi connectivity index (χ4v) is 1.67. The molecule has 0 aromatic heterocycles. The second-order valence-electron chi connectivity index (χ2n) is 4.24. The molecule has 0 N–H and O–H groups in total. The highest BCUT2D eigenvalue weighted by molar-refractivity contribution is 5.87. The molecule has 1 aliphatic rings. The lowest BCUT2D eigenvalue weighted by Gasteiger charge is -2.45. The van der Waals surface area contributed by atoms with E-state index in [1.165, 1.54) is 19.3 Å². The van der Waals surface area contributed by atoms with Crippen LogP contribution in [0.3, 0.4) is 0 Å². The molecule has 2 nitrogen and oxygen atoms in total. The van der Waals surface area contributed by atoms with Crippen molar-refractivity contribution < 1.29 is 4.79 Å². The monoisotopic (exact) mass is 181 g/mol. The van der Waals surface area contributed by atoms with Gasteiger partial charge in [-0.25, -0.2) is 0 Å². The number of nitrogens with zero attached hydrogens (tertiary/aromatic N) is 1. The summed E-state index contributed by atoms with van der Waals surface area (Å²) in [7, 11) is 2.13. The molecule has 0 aliphatic heterocycles. The van der Waals surface area contributed by atoms with Gasteiger partial charge in [-0.3, -0.25) is 9.69 Å². The van der Waals surface area contributed by atoms with Gasteiger partial charge in [0.2, 0.25) is 0 Å². The SMILES string of the molecule is CC(=O)/C=C/CN(C)C1(C)CCC1. The average molecular weight is 181 g/mol. The summed E-state index contributed by atoms with van der Waals surface area (Å²) in [6.45, 7) is 4.76. The molecule has 0 saturated heterocycles. The van der Waals surface area contributed by atoms with Gasteiger partial charge < -0.3 is 0 Å². The number of carbonyl (C=O) groups is 1. The third kappa shape index (κ3) is 2.66. The van der Waals surface area contributed by atoms with E-state index >= 15 is 0 Å². The zero-order chi connectivity index (χ0) is 9.90. The quantitative estimate of drug-likeness (QED) is 0.618. The predicted molar refractivity (Wildman–Crippen MR) is 54.7 cm³/mol. The molecule has 0 amide bonds. The molecule has 0 spiro atoms. The maximum Gasteiger partial charge on any atom is 0.152 e. The van der Waals surface area contributed by atoms with Crippen LogP contribution in [0.2, 0.25) is 0 Å². The Balaban J connectivity index is 2.32. The van der Waals surface area contributed by atoms with Crippen molar-refractivity contribution in [2.75, 3.05) is 13.6 Å². The first kappa shape index (κ1) is 10.5. The van der Waals surface area contributed by atoms with Crippen LogP contribution in [0.1, 0.15) is 33.1 Å². The Hall–Kier alpha value is -0.630. The van der Waals surface area contributed by atoms with Crippen LogP contribution in [0, 0.1) is 0 Å². The highest BCUT2D eigenvalue weighted by Gasteiger charge is 2.34. The molecule has 1 aliphatic carbocycles. The van der Waals surface area contributed by atoms with Crippen LogP contribution >= 0.6 is 0 Å². The van der Waals surface area contributed by atoms with Gasteiger partial charge in [-0.2, -0.15) is 0 Å². The van der Waals surface area contributed by atoms with E-state index in [9.17, 15) is 4.79 Å². The van der Waals surface area contributed by atoms with Gasteiger partial charge >= 0.3 is 0 Å². The normalized spacial score (nSPS) is 20.6. The van der Waals surface area contributed by atoms with Gasteiger partial charge in [0.15, 0.2) is 5.78 Å². The summed E-state index contributed by atoms with van der Waals surface area (Å²) in [6.07, 6.45) is 7.52. The zero-order valence-corrected chi connectivity index (χ0v) is 8.84. The van der Waals surface area contributed by atoms with E-state index < -0.39 is 0 Å². The minimum Gasteiger partial charge on any atom is -0.297 e. The standard InChI is InChI=1S/C11H19NO/c1-10(13)6-4-9-12(3)11(2)7-5-8-11/h4,6H,5,7-9H2,1-3H3/b6-4+. The molecule has 0 heterocycles. The summed E-state index contributed by atoms with van der Waals surface area (Å²) in [5, 5.41) is 0. The molecule has 13 heavy (non-hydrogen) atoms. The maximum atomic E-state index is 10.7. The summed E-state index contributed by atoms with van der Waals surface area (Å²) >= 11 is 0. The lowest BCUT2D eigenvalue weighted by atomic mass is 9.77. The van der Waals surface area contributed by atoms with E-state index in [1.54, 1.807) is 13.0 Å². The number of carbonyl (C=O) groups excluding carboxylic acids is 1. The first-order valence-corrected chi connectivity index (χ1v) is 4.93. The molecule has 0 unspecified atom stereocenters. The molecule has 0 atom stereocenters. The number of likely N-dealkylation sites (N-methyl/N-ethyl adjacent to an activating group) is 1. The van der Waals surface area contributed by atoms with Gasteiger partial charge in [-0.05, 0) is 46.2 Å². The van der Waals surface area contributed by atoms with E-state index in [0.29, 0.717) is 5.54 Å². The number of hydrogen-bond acceptors (Lipinski definition) is 2. The Morgan fingerprint density at radius 3 is 2.54 bits per heavy atom. The second kappa shape index (κ2) is 4.05. The number of ketones is 1. The first-order valence-electron chi connectivity index (χ1n) is 4.93. The summed E-state index contributed by atoms with van der Waals surface area (Å²) in [5.41, 5.74) is 0.390. The van der Waals surface area contributed by atoms with E-state index in [-0.39, 0.29) is 5.78 Å². The van der Waals surface area contributed by atoms with Crippen LogP contribution in [0.4, 0.5) is 0 Å². The summed E-state index contributed by atoms with van der Waals surface area (Å²) in [4.78, 5) is 13.0. The molecule has 0 radical (unpaired) electrons. The van der Waals surface area contributed by atoms with Gasteiger partial charge in [0.05, 0.1) is 0 Å². The highest BCUT2D eigenvalue weighted by atomic mass is 16.1. The molecular weight excluding hydrogens is 162 g/mol. The second-order valence-corrected chi connectivity index (χ2v) is 4.24. The van der Waals surface area contributed by atoms with Gasteiger partial charge in [0.1, 0.15) is 0 Å². The van der Waals surface area contributed by atoms with Crippen molar-refractivity contribution in [1.29, 1.82) is 0 Å². The van der Waals surface area contributed by atoms with Crippen molar-refractivity contribution in [1.82, 2.24) is 4.90 Å². The topological polar surface area (TPSA) is 20.3 Å². The van der Waals surface area contributed by atoms with Gasteiger partial charge in [-0.15, -0.1) is 0 Å². The maximum absolute atomic E-state index is 10.7. The molecule has 1 rings (SSSR count). The fraction of sp³-hybridized carbons (Fsp3) is 0.727. The van der Waals surface area contributed by atoms with Crippen molar-refractivity contribution in [2.24, 2.45) is 0 Å². The van der Waals surface area contributed by atoms with Crippen LogP contribution in [0.25, 0.3) is 0 Å². The minimum atomic E-state index is 0.132. The smallest absolute Gasteiger partial charge is 0.152 e. The minimum absolute atomic E-state index is 0.132. The van der Waals surface area contributed by atoms with Crippen LogP contribution in [0.5, 0.6) is 0 Å². The average Bonchev–Trinajstić information content (AvgIpc) is 1.99. The van der Waals surface area contributed by atoms with Gasteiger partial charge in [-0.1, -0.05) is 6.08 Å². The van der Waals surface area contributed by atoms with E-state index in [4.69, 9.17) is 0 Å². The predicted octanol–water partition coefficient (Wildman–Crippen LogP) is 2.01. The van der Waals surface area contributed by atoms with Gasteiger partial charge in [0.25, 0.3) is 0 Å². The van der Waals surface area contributed by atoms with Crippen molar-refractivity contribution in [2.45, 2.75) is 38.6 Å². The Kier molecular flexibility index (Phi) is 3.26. The van der Waals surface area contributed by atoms with Crippen LogP contribution < -0.4 is 0 Å². The third-order valence-corrected chi connectivity index (χ3v) is 3.08. The summed E-state index contributed by atoms with van der Waals surface area (Å²) in [6, 6.07) is 0. The van der Waals surface area contributed by atoms with Crippen molar-refractivity contribution in [3.63, 3.8) is 0 Å². The lowest BCUT2D eigenvalue weighted by molar-refractivity contribution is -0.112. The molecule has 74 valence electrons.